The quantitative estimate of drug-likeness (QED) is 0.696. The smallest absolute Gasteiger partial charge is 0.313 e. The van der Waals surface area contributed by atoms with Gasteiger partial charge in [-0.1, -0.05) is 6.92 Å². The topological polar surface area (TPSA) is 100 Å². The molecule has 3 atom stereocenters. The molecule has 2 amide bonds. The maximum Gasteiger partial charge on any atom is 0.313 e. The molecular formula is C19H29N5O2. The minimum atomic E-state index is -0.598. The van der Waals surface area contributed by atoms with Gasteiger partial charge in [-0.05, 0) is 69.2 Å². The maximum atomic E-state index is 12.9. The van der Waals surface area contributed by atoms with Crippen LogP contribution < -0.4 is 16.4 Å². The monoisotopic (exact) mass is 359 g/mol. The second kappa shape index (κ2) is 8.03. The number of nitrogens with one attached hydrogen (secondary N) is 2. The van der Waals surface area contributed by atoms with Crippen LogP contribution in [0.5, 0.6) is 0 Å². The largest absolute Gasteiger partial charge is 0.383 e. The van der Waals surface area contributed by atoms with Gasteiger partial charge < -0.3 is 21.3 Å². The summed E-state index contributed by atoms with van der Waals surface area (Å²) < 4.78 is 0. The number of nitrogens with two attached hydrogens (primary N) is 1. The number of rotatable bonds is 2. The van der Waals surface area contributed by atoms with Crippen LogP contribution in [-0.4, -0.2) is 47.4 Å². The molecule has 3 rings (SSSR count). The first kappa shape index (κ1) is 18.6. The third-order valence-electron chi connectivity index (χ3n) is 5.57. The van der Waals surface area contributed by atoms with Gasteiger partial charge in [0.05, 0.1) is 11.9 Å². The van der Waals surface area contributed by atoms with Gasteiger partial charge in [0.1, 0.15) is 5.82 Å². The summed E-state index contributed by atoms with van der Waals surface area (Å²) in [6, 6.07) is 1.87. The average molecular weight is 359 g/mol. The molecule has 0 bridgehead atoms. The number of carbonyl (C=O) groups is 2. The van der Waals surface area contributed by atoms with Crippen LogP contribution in [0, 0.1) is 18.8 Å². The predicted octanol–water partition coefficient (Wildman–Crippen LogP) is 1.54. The number of nitrogens with zero attached hydrogens (tertiary/aromatic N) is 2. The zero-order valence-electron chi connectivity index (χ0n) is 15.6. The Balaban J connectivity index is 1.71. The fourth-order valence-corrected chi connectivity index (χ4v) is 4.07. The highest BCUT2D eigenvalue weighted by Crippen LogP contribution is 2.30. The Bertz CT molecular complexity index is 672. The molecule has 1 aromatic heterocycles. The van der Waals surface area contributed by atoms with Crippen LogP contribution in [0.4, 0.5) is 11.5 Å². The van der Waals surface area contributed by atoms with Gasteiger partial charge in [-0.15, -0.1) is 0 Å². The van der Waals surface area contributed by atoms with Crippen LogP contribution in [0.3, 0.4) is 0 Å². The summed E-state index contributed by atoms with van der Waals surface area (Å²) in [7, 11) is 0. The molecular weight excluding hydrogens is 330 g/mol. The van der Waals surface area contributed by atoms with E-state index in [2.05, 4.69) is 22.5 Å². The molecule has 3 heterocycles. The van der Waals surface area contributed by atoms with Gasteiger partial charge in [0.2, 0.25) is 0 Å². The first-order chi connectivity index (χ1) is 12.5. The summed E-state index contributed by atoms with van der Waals surface area (Å²) in [6.07, 6.45) is 5.79. The number of amides is 2. The molecule has 0 aromatic carbocycles. The highest BCUT2D eigenvalue weighted by molar-refractivity contribution is 6.39. The van der Waals surface area contributed by atoms with Crippen molar-refractivity contribution in [3.05, 3.63) is 17.8 Å². The lowest BCUT2D eigenvalue weighted by molar-refractivity contribution is -0.147. The number of pyridine rings is 1. The molecule has 2 saturated heterocycles. The zero-order chi connectivity index (χ0) is 18.7. The molecule has 7 nitrogen and oxygen atoms in total. The lowest BCUT2D eigenvalue weighted by Gasteiger charge is -2.43. The summed E-state index contributed by atoms with van der Waals surface area (Å²) in [5.74, 6) is 0.220. The summed E-state index contributed by atoms with van der Waals surface area (Å²) in [5.41, 5.74) is 6.97. The molecule has 1 unspecified atom stereocenters. The third-order valence-corrected chi connectivity index (χ3v) is 5.57. The molecule has 2 aliphatic heterocycles. The standard InChI is InChI=1S/C19H29N5O2/c1-12-5-6-16(14-4-3-7-21-9-14)24(11-12)19(26)18(25)23-15-8-13(2)17(20)22-10-15/h8,10,12,14,16,21H,3-7,9,11H2,1-2H3,(H2,20,22)(H,23,25)/t12-,14?,16+/m0/s1. The van der Waals surface area contributed by atoms with E-state index in [-0.39, 0.29) is 6.04 Å². The van der Waals surface area contributed by atoms with Crippen molar-refractivity contribution >= 4 is 23.3 Å². The molecule has 7 heteroatoms. The second-order valence-electron chi connectivity index (χ2n) is 7.69. The van der Waals surface area contributed by atoms with Crippen molar-refractivity contribution in [2.45, 2.75) is 45.6 Å². The number of aromatic nitrogens is 1. The summed E-state index contributed by atoms with van der Waals surface area (Å²) >= 11 is 0. The van der Waals surface area contributed by atoms with Crippen LogP contribution in [0.25, 0.3) is 0 Å². The summed E-state index contributed by atoms with van der Waals surface area (Å²) in [4.78, 5) is 31.3. The summed E-state index contributed by atoms with van der Waals surface area (Å²) in [5, 5.41) is 6.11. The van der Waals surface area contributed by atoms with Crippen molar-refractivity contribution in [1.82, 2.24) is 15.2 Å². The van der Waals surface area contributed by atoms with Crippen LogP contribution in [0.15, 0.2) is 12.3 Å². The second-order valence-corrected chi connectivity index (χ2v) is 7.69. The van der Waals surface area contributed by atoms with Crippen molar-refractivity contribution in [3.63, 3.8) is 0 Å². The zero-order valence-corrected chi connectivity index (χ0v) is 15.6. The van der Waals surface area contributed by atoms with E-state index in [1.807, 2.05) is 6.92 Å². The van der Waals surface area contributed by atoms with Crippen LogP contribution in [-0.2, 0) is 9.59 Å². The molecule has 142 valence electrons. The Morgan fingerprint density at radius 3 is 2.85 bits per heavy atom. The van der Waals surface area contributed by atoms with Gasteiger partial charge in [0, 0.05) is 12.6 Å². The van der Waals surface area contributed by atoms with E-state index in [1.165, 1.54) is 6.20 Å². The van der Waals surface area contributed by atoms with Gasteiger partial charge in [0.15, 0.2) is 0 Å². The fourth-order valence-electron chi connectivity index (χ4n) is 4.07. The number of likely N-dealkylation sites (tertiary alicyclic amines) is 1. The Morgan fingerprint density at radius 2 is 2.15 bits per heavy atom. The number of hydrogen-bond donors (Lipinski definition) is 3. The third kappa shape index (κ3) is 4.15. The van der Waals surface area contributed by atoms with E-state index in [0.29, 0.717) is 29.9 Å². The van der Waals surface area contributed by atoms with Crippen molar-refractivity contribution in [2.24, 2.45) is 11.8 Å². The molecule has 0 saturated carbocycles. The number of hydrogen-bond acceptors (Lipinski definition) is 5. The number of nitrogen functional groups attached to an aromatic ring is 1. The van der Waals surface area contributed by atoms with Gasteiger partial charge >= 0.3 is 11.8 Å². The van der Waals surface area contributed by atoms with E-state index in [9.17, 15) is 9.59 Å². The fraction of sp³-hybridized carbons (Fsp3) is 0.632. The molecule has 2 fully saturated rings. The van der Waals surface area contributed by atoms with E-state index in [1.54, 1.807) is 11.0 Å². The lowest BCUT2D eigenvalue weighted by Crippen LogP contribution is -2.55. The minimum absolute atomic E-state index is 0.142. The summed E-state index contributed by atoms with van der Waals surface area (Å²) in [6.45, 7) is 6.56. The molecule has 2 aliphatic rings. The van der Waals surface area contributed by atoms with Crippen LogP contribution >= 0.6 is 0 Å². The van der Waals surface area contributed by atoms with E-state index in [0.717, 1.165) is 44.3 Å². The molecule has 0 aliphatic carbocycles. The first-order valence-electron chi connectivity index (χ1n) is 9.50. The predicted molar refractivity (Wildman–Crippen MR) is 102 cm³/mol. The highest BCUT2D eigenvalue weighted by atomic mass is 16.2. The van der Waals surface area contributed by atoms with Gasteiger partial charge in [0.25, 0.3) is 0 Å². The van der Waals surface area contributed by atoms with Crippen molar-refractivity contribution in [3.8, 4) is 0 Å². The Morgan fingerprint density at radius 1 is 1.35 bits per heavy atom. The Labute approximate surface area is 154 Å². The van der Waals surface area contributed by atoms with Crippen LogP contribution in [0.2, 0.25) is 0 Å². The Hall–Kier alpha value is -2.15. The molecule has 4 N–H and O–H groups in total. The molecule has 0 radical (unpaired) electrons. The minimum Gasteiger partial charge on any atom is -0.383 e. The van der Waals surface area contributed by atoms with Crippen LogP contribution in [0.1, 0.15) is 38.2 Å². The average Bonchev–Trinajstić information content (AvgIpc) is 2.64. The normalized spacial score (nSPS) is 26.4. The number of piperidine rings is 2. The Kier molecular flexibility index (Phi) is 5.76. The number of carbonyl (C=O) groups excluding carboxylic acids is 2. The SMILES string of the molecule is Cc1cc(NC(=O)C(=O)N2C[C@@H](C)CC[C@@H]2C2CCCNC2)cnc1N. The molecule has 1 aromatic rings. The lowest BCUT2D eigenvalue weighted by atomic mass is 9.82. The van der Waals surface area contributed by atoms with E-state index in [4.69, 9.17) is 5.73 Å². The van der Waals surface area contributed by atoms with Gasteiger partial charge in [-0.3, -0.25) is 9.59 Å². The van der Waals surface area contributed by atoms with Gasteiger partial charge in [-0.25, -0.2) is 4.98 Å². The van der Waals surface area contributed by atoms with E-state index < -0.39 is 11.8 Å². The highest BCUT2D eigenvalue weighted by Gasteiger charge is 2.37. The number of aryl methyl sites for hydroxylation is 1. The first-order valence-corrected chi connectivity index (χ1v) is 9.50. The van der Waals surface area contributed by atoms with Crippen molar-refractivity contribution in [1.29, 1.82) is 0 Å². The maximum absolute atomic E-state index is 12.9. The van der Waals surface area contributed by atoms with Gasteiger partial charge in [-0.2, -0.15) is 0 Å². The van der Waals surface area contributed by atoms with Crippen molar-refractivity contribution in [2.75, 3.05) is 30.7 Å². The molecule has 0 spiro atoms. The van der Waals surface area contributed by atoms with E-state index >= 15 is 0 Å². The van der Waals surface area contributed by atoms with Crippen molar-refractivity contribution < 1.29 is 9.59 Å². The number of anilines is 2. The molecule has 26 heavy (non-hydrogen) atoms.